The smallest absolute Gasteiger partial charge is 0.359 e. The summed E-state index contributed by atoms with van der Waals surface area (Å²) in [6, 6.07) is 0. The lowest BCUT2D eigenvalue weighted by molar-refractivity contribution is -0.146. The molecule has 5 nitrogen and oxygen atoms in total. The quantitative estimate of drug-likeness (QED) is 0.663. The molecule has 0 aromatic carbocycles. The minimum Gasteiger partial charge on any atom is -0.359 e. The molecule has 2 heterocycles. The Morgan fingerprint density at radius 2 is 2.13 bits per heavy atom. The van der Waals surface area contributed by atoms with Gasteiger partial charge in [0.15, 0.2) is 5.69 Å². The topological polar surface area (TPSA) is 60.4 Å². The van der Waals surface area contributed by atoms with Crippen molar-refractivity contribution in [3.63, 3.8) is 0 Å². The molecule has 0 radical (unpaired) electrons. The van der Waals surface area contributed by atoms with Gasteiger partial charge in [0, 0.05) is 5.56 Å². The van der Waals surface area contributed by atoms with Crippen LogP contribution in [0.5, 0.6) is 0 Å². The van der Waals surface area contributed by atoms with Gasteiger partial charge in [-0.2, -0.15) is 23.1 Å². The first-order valence-corrected chi connectivity index (χ1v) is 3.82. The van der Waals surface area contributed by atoms with E-state index in [1.165, 1.54) is 0 Å². The Balaban J connectivity index is 2.96. The molecule has 0 N–H and O–H groups in total. The standard InChI is InChI=1S/C7H4F3N3O2/c1-3-4(7(8,9)10)13-6(11-2-15-13)12-5(3)14/h2H,1H3. The lowest BCUT2D eigenvalue weighted by Gasteiger charge is -2.08. The maximum Gasteiger partial charge on any atom is 0.435 e. The van der Waals surface area contributed by atoms with E-state index in [0.717, 1.165) is 13.3 Å². The Bertz CT molecular complexity index is 569. The van der Waals surface area contributed by atoms with Crippen molar-refractivity contribution in [2.24, 2.45) is 0 Å². The van der Waals surface area contributed by atoms with E-state index in [9.17, 15) is 18.0 Å². The Hall–Kier alpha value is -1.86. The van der Waals surface area contributed by atoms with Crippen molar-refractivity contribution in [3.05, 3.63) is 28.0 Å². The van der Waals surface area contributed by atoms with Gasteiger partial charge >= 0.3 is 6.18 Å². The number of rotatable bonds is 0. The van der Waals surface area contributed by atoms with Crippen molar-refractivity contribution in [2.75, 3.05) is 0 Å². The van der Waals surface area contributed by atoms with Gasteiger partial charge in [-0.1, -0.05) is 0 Å². The summed E-state index contributed by atoms with van der Waals surface area (Å²) >= 11 is 0. The first-order valence-electron chi connectivity index (χ1n) is 3.82. The van der Waals surface area contributed by atoms with Crippen LogP contribution in [0.1, 0.15) is 11.3 Å². The highest BCUT2D eigenvalue weighted by Gasteiger charge is 2.38. The lowest BCUT2D eigenvalue weighted by atomic mass is 10.2. The summed E-state index contributed by atoms with van der Waals surface area (Å²) < 4.78 is 42.6. The summed E-state index contributed by atoms with van der Waals surface area (Å²) in [5.74, 6) is -0.405. The maximum absolute atomic E-state index is 12.6. The van der Waals surface area contributed by atoms with Gasteiger partial charge in [-0.25, -0.2) is 0 Å². The van der Waals surface area contributed by atoms with Gasteiger partial charge < -0.3 is 4.52 Å². The number of hydrogen-bond donors (Lipinski definition) is 0. The third-order valence-corrected chi connectivity index (χ3v) is 1.85. The second-order valence-corrected chi connectivity index (χ2v) is 2.82. The van der Waals surface area contributed by atoms with Gasteiger partial charge in [-0.05, 0) is 6.92 Å². The highest BCUT2D eigenvalue weighted by molar-refractivity contribution is 5.31. The summed E-state index contributed by atoms with van der Waals surface area (Å²) in [5.41, 5.74) is -2.66. The van der Waals surface area contributed by atoms with Crippen molar-refractivity contribution in [1.82, 2.24) is 14.5 Å². The van der Waals surface area contributed by atoms with Crippen LogP contribution in [0.3, 0.4) is 0 Å². The van der Waals surface area contributed by atoms with Crippen LogP contribution in [0.25, 0.3) is 5.78 Å². The van der Waals surface area contributed by atoms with Crippen LogP contribution in [-0.2, 0) is 6.18 Å². The fourth-order valence-corrected chi connectivity index (χ4v) is 1.20. The second kappa shape index (κ2) is 2.81. The molecule has 15 heavy (non-hydrogen) atoms. The molecule has 0 unspecified atom stereocenters. The van der Waals surface area contributed by atoms with Gasteiger partial charge in [0.1, 0.15) is 0 Å². The van der Waals surface area contributed by atoms with Gasteiger partial charge in [-0.15, -0.1) is 4.57 Å². The summed E-state index contributed by atoms with van der Waals surface area (Å²) in [4.78, 5) is 17.8. The fourth-order valence-electron chi connectivity index (χ4n) is 1.20. The number of nitrogens with zero attached hydrogens (tertiary/aromatic N) is 3. The molecule has 0 saturated heterocycles. The largest absolute Gasteiger partial charge is 0.435 e. The minimum atomic E-state index is -4.69. The summed E-state index contributed by atoms with van der Waals surface area (Å²) in [7, 11) is 0. The van der Waals surface area contributed by atoms with Crippen LogP contribution >= 0.6 is 0 Å². The van der Waals surface area contributed by atoms with Crippen molar-refractivity contribution in [3.8, 4) is 0 Å². The van der Waals surface area contributed by atoms with E-state index in [1.54, 1.807) is 0 Å². The monoisotopic (exact) mass is 219 g/mol. The van der Waals surface area contributed by atoms with Gasteiger partial charge in [-0.3, -0.25) is 4.79 Å². The molecule has 0 bridgehead atoms. The molecule has 0 aliphatic rings. The molecule has 2 aromatic rings. The van der Waals surface area contributed by atoms with Gasteiger partial charge in [0.2, 0.25) is 6.39 Å². The van der Waals surface area contributed by atoms with Crippen LogP contribution in [0.2, 0.25) is 0 Å². The van der Waals surface area contributed by atoms with Crippen molar-refractivity contribution in [2.45, 2.75) is 13.1 Å². The molecule has 2 aromatic heterocycles. The van der Waals surface area contributed by atoms with E-state index >= 15 is 0 Å². The predicted octanol–water partition coefficient (Wildman–Crippen LogP) is 1.01. The zero-order valence-electron chi connectivity index (χ0n) is 7.37. The molecule has 8 heteroatoms. The van der Waals surface area contributed by atoms with E-state index in [4.69, 9.17) is 0 Å². The number of fused-ring (bicyclic) bond motifs is 1. The van der Waals surface area contributed by atoms with Crippen molar-refractivity contribution < 1.29 is 17.7 Å². The normalized spacial score (nSPS) is 12.3. The zero-order chi connectivity index (χ0) is 11.2. The highest BCUT2D eigenvalue weighted by atomic mass is 19.4. The zero-order valence-corrected chi connectivity index (χ0v) is 7.37. The number of halogens is 3. The van der Waals surface area contributed by atoms with E-state index in [2.05, 4.69) is 14.5 Å². The molecule has 0 aliphatic carbocycles. The SMILES string of the molecule is Cc1c(C(F)(F)F)n2ocnc2nc1=O. The Morgan fingerprint density at radius 3 is 2.73 bits per heavy atom. The average molecular weight is 219 g/mol. The molecular formula is C7H4F3N3O2. The van der Waals surface area contributed by atoms with Crippen molar-refractivity contribution in [1.29, 1.82) is 0 Å². The number of aromatic nitrogens is 3. The molecule has 80 valence electrons. The Kier molecular flexibility index (Phi) is 1.82. The summed E-state index contributed by atoms with van der Waals surface area (Å²) in [5, 5.41) is 0. The Morgan fingerprint density at radius 1 is 1.47 bits per heavy atom. The van der Waals surface area contributed by atoms with Crippen LogP contribution < -0.4 is 5.56 Å². The van der Waals surface area contributed by atoms with Gasteiger partial charge in [0.25, 0.3) is 11.3 Å². The fraction of sp³-hybridized carbons (Fsp3) is 0.286. The average Bonchev–Trinajstić information content (AvgIpc) is 2.50. The third kappa shape index (κ3) is 1.37. The van der Waals surface area contributed by atoms with Crippen LogP contribution in [0.4, 0.5) is 13.2 Å². The molecule has 0 saturated carbocycles. The number of alkyl halides is 3. The molecule has 0 atom stereocenters. The molecule has 0 fully saturated rings. The first-order chi connectivity index (χ1) is 6.91. The summed E-state index contributed by atoms with van der Waals surface area (Å²) in [6.07, 6.45) is -3.90. The molecule has 0 aliphatic heterocycles. The van der Waals surface area contributed by atoms with E-state index in [-0.39, 0.29) is 0 Å². The highest BCUT2D eigenvalue weighted by Crippen LogP contribution is 2.30. The predicted molar refractivity (Wildman–Crippen MR) is 41.3 cm³/mol. The molecule has 0 spiro atoms. The lowest BCUT2D eigenvalue weighted by Crippen LogP contribution is -2.22. The van der Waals surface area contributed by atoms with E-state index in [1.807, 2.05) is 0 Å². The maximum atomic E-state index is 12.6. The summed E-state index contributed by atoms with van der Waals surface area (Å²) in [6.45, 7) is 1.03. The molecule has 2 rings (SSSR count). The van der Waals surface area contributed by atoms with Crippen LogP contribution in [0, 0.1) is 6.92 Å². The van der Waals surface area contributed by atoms with Crippen LogP contribution in [-0.4, -0.2) is 14.5 Å². The van der Waals surface area contributed by atoms with E-state index in [0.29, 0.717) is 4.57 Å². The second-order valence-electron chi connectivity index (χ2n) is 2.82. The minimum absolute atomic E-state index is 0.386. The number of hydrogen-bond acceptors (Lipinski definition) is 4. The Labute approximate surface area is 80.1 Å². The first kappa shape index (κ1) is 9.69. The third-order valence-electron chi connectivity index (χ3n) is 1.85. The molecule has 0 amide bonds. The molecular weight excluding hydrogens is 215 g/mol. The van der Waals surface area contributed by atoms with Crippen molar-refractivity contribution >= 4 is 5.78 Å². The van der Waals surface area contributed by atoms with Crippen LogP contribution in [0.15, 0.2) is 15.7 Å². The van der Waals surface area contributed by atoms with Gasteiger partial charge in [0.05, 0.1) is 0 Å². The van der Waals surface area contributed by atoms with E-state index < -0.39 is 28.8 Å².